The topological polar surface area (TPSA) is 44.5 Å². The molecule has 0 aliphatic carbocycles. The van der Waals surface area contributed by atoms with E-state index >= 15 is 0 Å². The number of hydrogen-bond donors (Lipinski definition) is 1. The number of nitrogens with two attached hydrogens (primary N) is 1. The monoisotopic (exact) mass is 329 g/mol. The highest BCUT2D eigenvalue weighted by atomic mass is 35.5. The molecule has 6 heteroatoms. The van der Waals surface area contributed by atoms with Gasteiger partial charge < -0.3 is 15.2 Å². The van der Waals surface area contributed by atoms with Gasteiger partial charge in [0.05, 0.1) is 20.3 Å². The van der Waals surface area contributed by atoms with Gasteiger partial charge in [-0.05, 0) is 30.3 Å². The maximum absolute atomic E-state index is 14.0. The summed E-state index contributed by atoms with van der Waals surface area (Å²) in [5.41, 5.74) is 6.96. The van der Waals surface area contributed by atoms with Crippen molar-refractivity contribution in [1.29, 1.82) is 0 Å². The van der Waals surface area contributed by atoms with Gasteiger partial charge in [-0.15, -0.1) is 0 Å². The minimum absolute atomic E-state index is 0.266. The minimum Gasteiger partial charge on any atom is -0.495 e. The van der Waals surface area contributed by atoms with Gasteiger partial charge in [0.2, 0.25) is 0 Å². The lowest BCUT2D eigenvalue weighted by Crippen LogP contribution is -2.15. The van der Waals surface area contributed by atoms with E-state index in [1.807, 2.05) is 0 Å². The van der Waals surface area contributed by atoms with Gasteiger partial charge in [-0.2, -0.15) is 0 Å². The molecule has 0 radical (unpaired) electrons. The Kier molecular flexibility index (Phi) is 4.93. The van der Waals surface area contributed by atoms with Crippen molar-refractivity contribution < 1.29 is 13.9 Å². The summed E-state index contributed by atoms with van der Waals surface area (Å²) in [7, 11) is 2.96. The average molecular weight is 330 g/mol. The molecule has 2 aromatic carbocycles. The zero-order valence-electron chi connectivity index (χ0n) is 11.5. The molecule has 2 rings (SSSR count). The van der Waals surface area contributed by atoms with Crippen molar-refractivity contribution in [3.8, 4) is 11.5 Å². The highest BCUT2D eigenvalue weighted by molar-refractivity contribution is 6.33. The van der Waals surface area contributed by atoms with E-state index in [2.05, 4.69) is 0 Å². The normalized spacial score (nSPS) is 12.1. The standard InChI is InChI=1S/C15H14Cl2FNO2/c1-20-12-6-4-9(15(21-2)13(12)17)14(19)10-7-8(16)3-5-11(10)18/h3-7,14H,19H2,1-2H3. The molecule has 0 fully saturated rings. The summed E-state index contributed by atoms with van der Waals surface area (Å²) >= 11 is 12.1. The van der Waals surface area contributed by atoms with E-state index in [9.17, 15) is 4.39 Å². The third-order valence-corrected chi connectivity index (χ3v) is 3.74. The Labute approximate surface area is 132 Å². The van der Waals surface area contributed by atoms with Gasteiger partial charge in [-0.3, -0.25) is 0 Å². The van der Waals surface area contributed by atoms with Gasteiger partial charge in [0.1, 0.15) is 22.3 Å². The first-order valence-corrected chi connectivity index (χ1v) is 6.86. The average Bonchev–Trinajstić information content (AvgIpc) is 2.48. The fourth-order valence-electron chi connectivity index (χ4n) is 2.08. The first kappa shape index (κ1) is 15.9. The second-order valence-corrected chi connectivity index (χ2v) is 5.16. The zero-order chi connectivity index (χ0) is 15.6. The van der Waals surface area contributed by atoms with Crippen LogP contribution in [0.2, 0.25) is 10.0 Å². The van der Waals surface area contributed by atoms with Gasteiger partial charge in [0.25, 0.3) is 0 Å². The molecule has 0 bridgehead atoms. The van der Waals surface area contributed by atoms with Crippen molar-refractivity contribution >= 4 is 23.2 Å². The van der Waals surface area contributed by atoms with Gasteiger partial charge >= 0.3 is 0 Å². The van der Waals surface area contributed by atoms with Crippen LogP contribution in [0, 0.1) is 5.82 Å². The maximum Gasteiger partial charge on any atom is 0.146 e. The molecule has 21 heavy (non-hydrogen) atoms. The maximum atomic E-state index is 14.0. The molecule has 2 N–H and O–H groups in total. The summed E-state index contributed by atoms with van der Waals surface area (Å²) in [6.07, 6.45) is 0. The lowest BCUT2D eigenvalue weighted by atomic mass is 9.98. The molecule has 0 saturated heterocycles. The van der Waals surface area contributed by atoms with Crippen LogP contribution in [0.3, 0.4) is 0 Å². The summed E-state index contributed by atoms with van der Waals surface area (Å²) in [5, 5.41) is 0.691. The zero-order valence-corrected chi connectivity index (χ0v) is 13.0. The summed E-state index contributed by atoms with van der Waals surface area (Å²) in [5.74, 6) is 0.361. The van der Waals surface area contributed by atoms with E-state index in [0.29, 0.717) is 22.1 Å². The number of hydrogen-bond acceptors (Lipinski definition) is 3. The summed E-state index contributed by atoms with van der Waals surface area (Å²) in [4.78, 5) is 0. The first-order valence-electron chi connectivity index (χ1n) is 6.10. The van der Waals surface area contributed by atoms with Crippen LogP contribution in [0.25, 0.3) is 0 Å². The number of ether oxygens (including phenoxy) is 2. The van der Waals surface area contributed by atoms with Crippen LogP contribution in [0.4, 0.5) is 4.39 Å². The van der Waals surface area contributed by atoms with E-state index in [0.717, 1.165) is 0 Å². The van der Waals surface area contributed by atoms with E-state index in [4.69, 9.17) is 38.4 Å². The van der Waals surface area contributed by atoms with Gasteiger partial charge in [0, 0.05) is 16.1 Å². The molecule has 0 saturated carbocycles. The molecule has 0 aliphatic rings. The number of benzene rings is 2. The van der Waals surface area contributed by atoms with E-state index < -0.39 is 11.9 Å². The lowest BCUT2D eigenvalue weighted by Gasteiger charge is -2.19. The minimum atomic E-state index is -0.762. The van der Waals surface area contributed by atoms with Crippen LogP contribution in [-0.4, -0.2) is 14.2 Å². The van der Waals surface area contributed by atoms with Crippen molar-refractivity contribution in [2.75, 3.05) is 14.2 Å². The molecule has 1 unspecified atom stereocenters. The van der Waals surface area contributed by atoms with Crippen LogP contribution in [0.15, 0.2) is 30.3 Å². The summed E-state index contributed by atoms with van der Waals surface area (Å²) < 4.78 is 24.4. The van der Waals surface area contributed by atoms with Crippen molar-refractivity contribution in [2.24, 2.45) is 5.73 Å². The highest BCUT2D eigenvalue weighted by Crippen LogP contribution is 2.40. The Morgan fingerprint density at radius 3 is 2.38 bits per heavy atom. The molecular weight excluding hydrogens is 316 g/mol. The summed E-state index contributed by atoms with van der Waals surface area (Å²) in [6.45, 7) is 0. The van der Waals surface area contributed by atoms with E-state index in [1.54, 1.807) is 12.1 Å². The van der Waals surface area contributed by atoms with Gasteiger partial charge in [0.15, 0.2) is 0 Å². The van der Waals surface area contributed by atoms with E-state index in [-0.39, 0.29) is 10.6 Å². The van der Waals surface area contributed by atoms with Crippen LogP contribution < -0.4 is 15.2 Å². The van der Waals surface area contributed by atoms with Crippen LogP contribution >= 0.6 is 23.2 Å². The third kappa shape index (κ3) is 3.07. The molecule has 0 amide bonds. The van der Waals surface area contributed by atoms with E-state index in [1.165, 1.54) is 32.4 Å². The molecule has 0 aromatic heterocycles. The smallest absolute Gasteiger partial charge is 0.146 e. The number of rotatable bonds is 4. The Bertz CT molecular complexity index is 664. The Balaban J connectivity index is 2.55. The largest absolute Gasteiger partial charge is 0.495 e. The third-order valence-electron chi connectivity index (χ3n) is 3.14. The summed E-state index contributed by atoms with van der Waals surface area (Å²) in [6, 6.07) is 6.80. The molecule has 1 atom stereocenters. The second kappa shape index (κ2) is 6.52. The lowest BCUT2D eigenvalue weighted by molar-refractivity contribution is 0.390. The molecule has 0 aliphatic heterocycles. The fraction of sp³-hybridized carbons (Fsp3) is 0.200. The second-order valence-electron chi connectivity index (χ2n) is 4.35. The highest BCUT2D eigenvalue weighted by Gasteiger charge is 2.21. The molecule has 2 aromatic rings. The van der Waals surface area contributed by atoms with Gasteiger partial charge in [-0.1, -0.05) is 23.2 Å². The van der Waals surface area contributed by atoms with Crippen molar-refractivity contribution in [3.63, 3.8) is 0 Å². The van der Waals surface area contributed by atoms with Crippen LogP contribution in [-0.2, 0) is 0 Å². The van der Waals surface area contributed by atoms with Crippen molar-refractivity contribution in [1.82, 2.24) is 0 Å². The van der Waals surface area contributed by atoms with Crippen LogP contribution in [0.1, 0.15) is 17.2 Å². The number of halogens is 3. The quantitative estimate of drug-likeness (QED) is 0.914. The number of methoxy groups -OCH3 is 2. The predicted octanol–water partition coefficient (Wildman–Crippen LogP) is 4.20. The Morgan fingerprint density at radius 1 is 1.05 bits per heavy atom. The van der Waals surface area contributed by atoms with Crippen LogP contribution in [0.5, 0.6) is 11.5 Å². The van der Waals surface area contributed by atoms with Gasteiger partial charge in [-0.25, -0.2) is 4.39 Å². The van der Waals surface area contributed by atoms with Crippen molar-refractivity contribution in [2.45, 2.75) is 6.04 Å². The first-order chi connectivity index (χ1) is 9.99. The Morgan fingerprint density at radius 2 is 1.76 bits per heavy atom. The molecule has 112 valence electrons. The Hall–Kier alpha value is -1.49. The molecule has 0 heterocycles. The molecular formula is C15H14Cl2FNO2. The molecule has 3 nitrogen and oxygen atoms in total. The molecule has 0 spiro atoms. The SMILES string of the molecule is COc1ccc(C(N)c2cc(Cl)ccc2F)c(OC)c1Cl. The van der Waals surface area contributed by atoms with Crippen molar-refractivity contribution in [3.05, 3.63) is 57.3 Å². The predicted molar refractivity (Wildman–Crippen MR) is 82.0 cm³/mol. The fourth-order valence-corrected chi connectivity index (χ4v) is 2.59.